The minimum absolute atomic E-state index is 0.182. The van der Waals surface area contributed by atoms with E-state index >= 15 is 0 Å². The van der Waals surface area contributed by atoms with Crippen LogP contribution in [0.5, 0.6) is 11.5 Å². The Labute approximate surface area is 128 Å². The van der Waals surface area contributed by atoms with E-state index in [-0.39, 0.29) is 5.75 Å². The number of hydrogen-bond acceptors (Lipinski definition) is 3. The number of aromatic hydroxyl groups is 1. The van der Waals surface area contributed by atoms with E-state index in [1.807, 2.05) is 12.1 Å². The molecule has 2 N–H and O–H groups in total. The predicted octanol–water partition coefficient (Wildman–Crippen LogP) is 3.43. The number of phenolic OH excluding ortho intramolecular Hbond substituents is 1. The largest absolute Gasteiger partial charge is 0.508 e. The standard InChI is InChI=1S/C17H17ClO3/c1-17(20,13-2-4-15(19)5-3-13)10-12-9-14(18)8-11-6-7-21-16(11)12/h2-5,8-9,19-20H,6-7,10H2,1H3. The van der Waals surface area contributed by atoms with Crippen LogP contribution in [0, 0.1) is 0 Å². The molecule has 1 unspecified atom stereocenters. The van der Waals surface area contributed by atoms with Gasteiger partial charge in [-0.3, -0.25) is 0 Å². The summed E-state index contributed by atoms with van der Waals surface area (Å²) in [6, 6.07) is 10.4. The van der Waals surface area contributed by atoms with E-state index in [2.05, 4.69) is 0 Å². The van der Waals surface area contributed by atoms with Gasteiger partial charge in [-0.15, -0.1) is 0 Å². The Hall–Kier alpha value is -1.71. The summed E-state index contributed by atoms with van der Waals surface area (Å²) in [5.74, 6) is 1.03. The SMILES string of the molecule is CC(O)(Cc1cc(Cl)cc2c1OCC2)c1ccc(O)cc1. The number of fused-ring (bicyclic) bond motifs is 1. The fourth-order valence-corrected chi connectivity index (χ4v) is 3.03. The van der Waals surface area contributed by atoms with Gasteiger partial charge in [0, 0.05) is 17.9 Å². The highest BCUT2D eigenvalue weighted by Gasteiger charge is 2.27. The lowest BCUT2D eigenvalue weighted by Crippen LogP contribution is -2.24. The van der Waals surface area contributed by atoms with Gasteiger partial charge in [-0.25, -0.2) is 0 Å². The van der Waals surface area contributed by atoms with Gasteiger partial charge in [0.25, 0.3) is 0 Å². The molecule has 3 nitrogen and oxygen atoms in total. The van der Waals surface area contributed by atoms with Crippen LogP contribution in [0.15, 0.2) is 36.4 Å². The lowest BCUT2D eigenvalue weighted by atomic mass is 9.88. The molecule has 0 fully saturated rings. The fraction of sp³-hybridized carbons (Fsp3) is 0.294. The highest BCUT2D eigenvalue weighted by molar-refractivity contribution is 6.30. The zero-order valence-electron chi connectivity index (χ0n) is 11.8. The monoisotopic (exact) mass is 304 g/mol. The van der Waals surface area contributed by atoms with Crippen molar-refractivity contribution in [3.63, 3.8) is 0 Å². The highest BCUT2D eigenvalue weighted by Crippen LogP contribution is 2.37. The molecule has 3 rings (SSSR count). The Kier molecular flexibility index (Phi) is 3.56. The molecule has 2 aromatic carbocycles. The normalized spacial score (nSPS) is 16.1. The molecule has 1 heterocycles. The number of halogens is 1. The lowest BCUT2D eigenvalue weighted by Gasteiger charge is -2.25. The second-order valence-electron chi connectivity index (χ2n) is 5.65. The molecule has 21 heavy (non-hydrogen) atoms. The van der Waals surface area contributed by atoms with E-state index in [9.17, 15) is 10.2 Å². The van der Waals surface area contributed by atoms with Crippen LogP contribution in [0.4, 0.5) is 0 Å². The third-order valence-electron chi connectivity index (χ3n) is 3.85. The second kappa shape index (κ2) is 5.24. The molecule has 110 valence electrons. The van der Waals surface area contributed by atoms with Crippen LogP contribution in [0.3, 0.4) is 0 Å². The topological polar surface area (TPSA) is 49.7 Å². The van der Waals surface area contributed by atoms with Crippen molar-refractivity contribution in [1.29, 1.82) is 0 Å². The van der Waals surface area contributed by atoms with E-state index in [0.717, 1.165) is 28.9 Å². The molecule has 0 saturated carbocycles. The minimum atomic E-state index is -1.06. The zero-order chi connectivity index (χ0) is 15.0. The van der Waals surface area contributed by atoms with Gasteiger partial charge in [0.15, 0.2) is 0 Å². The van der Waals surface area contributed by atoms with Crippen LogP contribution < -0.4 is 4.74 Å². The van der Waals surface area contributed by atoms with Crippen molar-refractivity contribution in [1.82, 2.24) is 0 Å². The average Bonchev–Trinajstić information content (AvgIpc) is 2.87. The van der Waals surface area contributed by atoms with E-state index in [1.54, 1.807) is 31.2 Å². The Morgan fingerprint density at radius 1 is 1.24 bits per heavy atom. The maximum absolute atomic E-state index is 10.8. The van der Waals surface area contributed by atoms with Gasteiger partial charge in [-0.1, -0.05) is 23.7 Å². The molecule has 1 aliphatic rings. The molecular weight excluding hydrogens is 288 g/mol. The van der Waals surface area contributed by atoms with Crippen LogP contribution in [0.25, 0.3) is 0 Å². The maximum Gasteiger partial charge on any atom is 0.126 e. The minimum Gasteiger partial charge on any atom is -0.508 e. The first kappa shape index (κ1) is 14.2. The van der Waals surface area contributed by atoms with Crippen molar-refractivity contribution in [3.8, 4) is 11.5 Å². The van der Waals surface area contributed by atoms with Gasteiger partial charge >= 0.3 is 0 Å². The van der Waals surface area contributed by atoms with Gasteiger partial charge in [0.05, 0.1) is 12.2 Å². The summed E-state index contributed by atoms with van der Waals surface area (Å²) in [4.78, 5) is 0. The summed E-state index contributed by atoms with van der Waals surface area (Å²) in [5.41, 5.74) is 1.69. The van der Waals surface area contributed by atoms with Crippen molar-refractivity contribution < 1.29 is 14.9 Å². The Balaban J connectivity index is 1.94. The van der Waals surface area contributed by atoms with E-state index in [1.165, 1.54) is 0 Å². The fourth-order valence-electron chi connectivity index (χ4n) is 2.77. The molecule has 2 aromatic rings. The van der Waals surface area contributed by atoms with Crippen molar-refractivity contribution >= 4 is 11.6 Å². The van der Waals surface area contributed by atoms with Crippen molar-refractivity contribution in [3.05, 3.63) is 58.1 Å². The molecule has 0 bridgehead atoms. The van der Waals surface area contributed by atoms with Gasteiger partial charge < -0.3 is 14.9 Å². The van der Waals surface area contributed by atoms with Crippen molar-refractivity contribution in [2.45, 2.75) is 25.4 Å². The third-order valence-corrected chi connectivity index (χ3v) is 4.07. The first-order chi connectivity index (χ1) is 9.95. The molecule has 0 saturated heterocycles. The molecule has 0 spiro atoms. The second-order valence-corrected chi connectivity index (χ2v) is 6.09. The number of hydrogen-bond donors (Lipinski definition) is 2. The Morgan fingerprint density at radius 2 is 1.95 bits per heavy atom. The first-order valence-corrected chi connectivity index (χ1v) is 7.29. The molecule has 0 aliphatic carbocycles. The number of aliphatic hydroxyl groups is 1. The zero-order valence-corrected chi connectivity index (χ0v) is 12.5. The summed E-state index contributed by atoms with van der Waals surface area (Å²) >= 11 is 6.15. The maximum atomic E-state index is 10.8. The van der Waals surface area contributed by atoms with Crippen molar-refractivity contribution in [2.24, 2.45) is 0 Å². The summed E-state index contributed by atoms with van der Waals surface area (Å²) in [7, 11) is 0. The number of ether oxygens (including phenoxy) is 1. The lowest BCUT2D eigenvalue weighted by molar-refractivity contribution is 0.0569. The van der Waals surface area contributed by atoms with Crippen LogP contribution in [-0.2, 0) is 18.4 Å². The molecule has 1 atom stereocenters. The van der Waals surface area contributed by atoms with E-state index in [4.69, 9.17) is 16.3 Å². The predicted molar refractivity (Wildman–Crippen MR) is 82.0 cm³/mol. The van der Waals surface area contributed by atoms with Gasteiger partial charge in [-0.05, 0) is 47.9 Å². The quantitative estimate of drug-likeness (QED) is 0.913. The summed E-state index contributed by atoms with van der Waals surface area (Å²) in [6.07, 6.45) is 1.25. The van der Waals surface area contributed by atoms with Crippen LogP contribution in [0.2, 0.25) is 5.02 Å². The third kappa shape index (κ3) is 2.85. The number of phenols is 1. The van der Waals surface area contributed by atoms with Crippen LogP contribution >= 0.6 is 11.6 Å². The number of benzene rings is 2. The van der Waals surface area contributed by atoms with Gasteiger partial charge in [-0.2, -0.15) is 0 Å². The molecule has 0 amide bonds. The molecule has 1 aliphatic heterocycles. The Bertz CT molecular complexity index is 662. The number of rotatable bonds is 3. The van der Waals surface area contributed by atoms with E-state index < -0.39 is 5.60 Å². The molecule has 4 heteroatoms. The Morgan fingerprint density at radius 3 is 2.67 bits per heavy atom. The van der Waals surface area contributed by atoms with Crippen LogP contribution in [0.1, 0.15) is 23.6 Å². The average molecular weight is 305 g/mol. The molecular formula is C17H17ClO3. The molecule has 0 radical (unpaired) electrons. The molecule has 0 aromatic heterocycles. The summed E-state index contributed by atoms with van der Waals surface area (Å²) in [5, 5.41) is 20.8. The van der Waals surface area contributed by atoms with Gasteiger partial charge in [0.2, 0.25) is 0 Å². The summed E-state index contributed by atoms with van der Waals surface area (Å²) in [6.45, 7) is 2.41. The van der Waals surface area contributed by atoms with Crippen LogP contribution in [-0.4, -0.2) is 16.8 Å². The highest BCUT2D eigenvalue weighted by atomic mass is 35.5. The first-order valence-electron chi connectivity index (χ1n) is 6.92. The van der Waals surface area contributed by atoms with E-state index in [0.29, 0.717) is 18.1 Å². The summed E-state index contributed by atoms with van der Waals surface area (Å²) < 4.78 is 5.68. The van der Waals surface area contributed by atoms with Gasteiger partial charge in [0.1, 0.15) is 11.5 Å². The smallest absolute Gasteiger partial charge is 0.126 e. The van der Waals surface area contributed by atoms with Crippen molar-refractivity contribution in [2.75, 3.05) is 6.61 Å².